The van der Waals surface area contributed by atoms with E-state index in [-0.39, 0.29) is 0 Å². The number of nitrogens with zero attached hydrogens (tertiary/aromatic N) is 3. The molecule has 100 valence electrons. The van der Waals surface area contributed by atoms with Gasteiger partial charge in [0.05, 0.1) is 5.56 Å². The van der Waals surface area contributed by atoms with Crippen molar-refractivity contribution in [2.24, 2.45) is 5.41 Å². The molecule has 1 aromatic rings. The zero-order chi connectivity index (χ0) is 13.1. The predicted molar refractivity (Wildman–Crippen MR) is 74.9 cm³/mol. The Morgan fingerprint density at radius 1 is 1.32 bits per heavy atom. The van der Waals surface area contributed by atoms with E-state index in [9.17, 15) is 0 Å². The maximum Gasteiger partial charge on any atom is 0.128 e. The number of pyridine rings is 1. The van der Waals surface area contributed by atoms with Crippen molar-refractivity contribution in [2.45, 2.75) is 25.7 Å². The molecule has 2 saturated heterocycles. The van der Waals surface area contributed by atoms with Crippen LogP contribution in [-0.4, -0.2) is 31.2 Å². The second kappa shape index (κ2) is 5.18. The summed E-state index contributed by atoms with van der Waals surface area (Å²) in [4.78, 5) is 6.82. The SMILES string of the molecule is N#Cc1ccc(N2CCCC3(CCCNC3)C2)nc1. The first-order valence-electron chi connectivity index (χ1n) is 7.13. The number of nitriles is 1. The van der Waals surface area contributed by atoms with E-state index in [2.05, 4.69) is 21.3 Å². The third kappa shape index (κ3) is 2.57. The first-order chi connectivity index (χ1) is 9.31. The Morgan fingerprint density at radius 3 is 2.89 bits per heavy atom. The largest absolute Gasteiger partial charge is 0.356 e. The number of rotatable bonds is 1. The maximum absolute atomic E-state index is 8.83. The lowest BCUT2D eigenvalue weighted by atomic mass is 9.74. The fourth-order valence-electron chi connectivity index (χ4n) is 3.42. The molecule has 1 N–H and O–H groups in total. The van der Waals surface area contributed by atoms with Gasteiger partial charge in [-0.3, -0.25) is 0 Å². The van der Waals surface area contributed by atoms with Crippen LogP contribution in [0.25, 0.3) is 0 Å². The first kappa shape index (κ1) is 12.4. The van der Waals surface area contributed by atoms with Gasteiger partial charge in [0.1, 0.15) is 11.9 Å². The molecule has 0 bridgehead atoms. The van der Waals surface area contributed by atoms with Crippen molar-refractivity contribution >= 4 is 5.82 Å². The summed E-state index contributed by atoms with van der Waals surface area (Å²) in [6, 6.07) is 5.97. The monoisotopic (exact) mass is 256 g/mol. The average Bonchev–Trinajstić information content (AvgIpc) is 2.48. The molecule has 0 radical (unpaired) electrons. The molecule has 0 amide bonds. The minimum Gasteiger partial charge on any atom is -0.356 e. The smallest absolute Gasteiger partial charge is 0.128 e. The van der Waals surface area contributed by atoms with Crippen molar-refractivity contribution in [1.82, 2.24) is 10.3 Å². The Labute approximate surface area is 114 Å². The van der Waals surface area contributed by atoms with Crippen LogP contribution in [0.3, 0.4) is 0 Å². The van der Waals surface area contributed by atoms with E-state index in [0.717, 1.165) is 32.0 Å². The molecule has 4 heteroatoms. The van der Waals surface area contributed by atoms with E-state index in [1.165, 1.54) is 25.7 Å². The van der Waals surface area contributed by atoms with E-state index in [0.29, 0.717) is 11.0 Å². The van der Waals surface area contributed by atoms with Gasteiger partial charge in [-0.15, -0.1) is 0 Å². The summed E-state index contributed by atoms with van der Waals surface area (Å²) in [7, 11) is 0. The van der Waals surface area contributed by atoms with Crippen LogP contribution >= 0.6 is 0 Å². The van der Waals surface area contributed by atoms with Crippen LogP contribution in [0.5, 0.6) is 0 Å². The molecule has 3 heterocycles. The van der Waals surface area contributed by atoms with Crippen molar-refractivity contribution in [2.75, 3.05) is 31.1 Å². The van der Waals surface area contributed by atoms with Gasteiger partial charge >= 0.3 is 0 Å². The summed E-state index contributed by atoms with van der Waals surface area (Å²) in [5.41, 5.74) is 1.07. The average molecular weight is 256 g/mol. The highest BCUT2D eigenvalue weighted by Crippen LogP contribution is 2.37. The van der Waals surface area contributed by atoms with Crippen LogP contribution in [0.2, 0.25) is 0 Å². The highest BCUT2D eigenvalue weighted by Gasteiger charge is 2.36. The Morgan fingerprint density at radius 2 is 2.21 bits per heavy atom. The molecular weight excluding hydrogens is 236 g/mol. The molecule has 2 aliphatic heterocycles. The molecule has 1 atom stereocenters. The lowest BCUT2D eigenvalue weighted by Crippen LogP contribution is -2.51. The molecular formula is C15H20N4. The number of nitrogens with one attached hydrogen (secondary N) is 1. The first-order valence-corrected chi connectivity index (χ1v) is 7.13. The minimum absolute atomic E-state index is 0.437. The quantitative estimate of drug-likeness (QED) is 0.834. The number of anilines is 1. The summed E-state index contributed by atoms with van der Waals surface area (Å²) < 4.78 is 0. The van der Waals surface area contributed by atoms with E-state index in [1.807, 2.05) is 12.1 Å². The molecule has 0 saturated carbocycles. The molecule has 4 nitrogen and oxygen atoms in total. The van der Waals surface area contributed by atoms with Crippen LogP contribution in [0.4, 0.5) is 5.82 Å². The normalized spacial score (nSPS) is 27.2. The van der Waals surface area contributed by atoms with Gasteiger partial charge in [-0.05, 0) is 44.4 Å². The van der Waals surface area contributed by atoms with Crippen LogP contribution < -0.4 is 10.2 Å². The van der Waals surface area contributed by atoms with E-state index in [4.69, 9.17) is 5.26 Å². The number of piperidine rings is 2. The van der Waals surface area contributed by atoms with Gasteiger partial charge in [-0.1, -0.05) is 0 Å². The zero-order valence-corrected chi connectivity index (χ0v) is 11.2. The fourth-order valence-corrected chi connectivity index (χ4v) is 3.42. The topological polar surface area (TPSA) is 52.0 Å². The number of hydrogen-bond acceptors (Lipinski definition) is 4. The van der Waals surface area contributed by atoms with Gasteiger partial charge in [0.15, 0.2) is 0 Å². The lowest BCUT2D eigenvalue weighted by molar-refractivity contribution is 0.173. The molecule has 2 aliphatic rings. The highest BCUT2D eigenvalue weighted by atomic mass is 15.2. The van der Waals surface area contributed by atoms with Crippen LogP contribution in [0, 0.1) is 16.7 Å². The Bertz CT molecular complexity index is 462. The van der Waals surface area contributed by atoms with Crippen molar-refractivity contribution in [3.05, 3.63) is 23.9 Å². The van der Waals surface area contributed by atoms with E-state index < -0.39 is 0 Å². The van der Waals surface area contributed by atoms with Crippen LogP contribution in [0.1, 0.15) is 31.2 Å². The van der Waals surface area contributed by atoms with Gasteiger partial charge in [0.2, 0.25) is 0 Å². The zero-order valence-electron chi connectivity index (χ0n) is 11.2. The highest BCUT2D eigenvalue weighted by molar-refractivity contribution is 5.42. The molecule has 19 heavy (non-hydrogen) atoms. The second-order valence-corrected chi connectivity index (χ2v) is 5.82. The molecule has 0 aromatic carbocycles. The van der Waals surface area contributed by atoms with Gasteiger partial charge in [0, 0.05) is 31.2 Å². The van der Waals surface area contributed by atoms with Crippen molar-refractivity contribution < 1.29 is 0 Å². The fraction of sp³-hybridized carbons (Fsp3) is 0.600. The molecule has 1 spiro atoms. The van der Waals surface area contributed by atoms with Crippen LogP contribution in [-0.2, 0) is 0 Å². The van der Waals surface area contributed by atoms with Gasteiger partial charge < -0.3 is 10.2 Å². The van der Waals surface area contributed by atoms with Crippen molar-refractivity contribution in [1.29, 1.82) is 5.26 Å². The Balaban J connectivity index is 1.75. The predicted octanol–water partition coefficient (Wildman–Crippen LogP) is 1.92. The lowest BCUT2D eigenvalue weighted by Gasteiger charge is -2.45. The molecule has 3 rings (SSSR count). The molecule has 2 fully saturated rings. The van der Waals surface area contributed by atoms with Crippen molar-refractivity contribution in [3.8, 4) is 6.07 Å². The summed E-state index contributed by atoms with van der Waals surface area (Å²) >= 11 is 0. The number of aromatic nitrogens is 1. The molecule has 0 aliphatic carbocycles. The maximum atomic E-state index is 8.83. The van der Waals surface area contributed by atoms with Crippen LogP contribution in [0.15, 0.2) is 18.3 Å². The Hall–Kier alpha value is -1.60. The Kier molecular flexibility index (Phi) is 3.39. The summed E-state index contributed by atoms with van der Waals surface area (Å²) in [5.74, 6) is 1.02. The number of hydrogen-bond donors (Lipinski definition) is 1. The minimum atomic E-state index is 0.437. The third-order valence-electron chi connectivity index (χ3n) is 4.42. The summed E-state index contributed by atoms with van der Waals surface area (Å²) in [6.07, 6.45) is 6.85. The second-order valence-electron chi connectivity index (χ2n) is 5.82. The van der Waals surface area contributed by atoms with E-state index >= 15 is 0 Å². The standard InChI is InChI=1S/C15H20N4/c16-9-13-3-4-14(18-10-13)19-8-2-6-15(12-19)5-1-7-17-11-15/h3-4,10,17H,1-2,5-8,11-12H2. The van der Waals surface area contributed by atoms with Crippen molar-refractivity contribution in [3.63, 3.8) is 0 Å². The molecule has 1 aromatic heterocycles. The van der Waals surface area contributed by atoms with Gasteiger partial charge in [-0.25, -0.2) is 4.98 Å². The summed E-state index contributed by atoms with van der Waals surface area (Å²) in [6.45, 7) is 4.48. The molecule has 1 unspecified atom stereocenters. The van der Waals surface area contributed by atoms with E-state index in [1.54, 1.807) is 6.20 Å². The van der Waals surface area contributed by atoms with Gasteiger partial charge in [0.25, 0.3) is 0 Å². The van der Waals surface area contributed by atoms with Gasteiger partial charge in [-0.2, -0.15) is 5.26 Å². The summed E-state index contributed by atoms with van der Waals surface area (Å²) in [5, 5.41) is 12.4. The third-order valence-corrected chi connectivity index (χ3v) is 4.42.